The first-order chi connectivity index (χ1) is 12.0. The SMILES string of the molecule is O=C(O)Cn1c(=O)oc2c(C(=O)/C=C/c3ccc(O)cc3)cccc21. The Bertz CT molecular complexity index is 1040. The van der Waals surface area contributed by atoms with Crippen LogP contribution in [0, 0.1) is 0 Å². The van der Waals surface area contributed by atoms with Crippen LogP contribution in [-0.4, -0.2) is 26.5 Å². The second-order valence-corrected chi connectivity index (χ2v) is 5.29. The van der Waals surface area contributed by atoms with Crippen LogP contribution in [0.4, 0.5) is 0 Å². The number of allylic oxidation sites excluding steroid dienone is 1. The number of phenolic OH excluding ortho intramolecular Hbond substituents is 1. The molecule has 3 rings (SSSR count). The van der Waals surface area contributed by atoms with Gasteiger partial charge in [-0.2, -0.15) is 0 Å². The average Bonchev–Trinajstić information content (AvgIpc) is 2.89. The van der Waals surface area contributed by atoms with E-state index in [9.17, 15) is 19.5 Å². The molecule has 0 spiro atoms. The number of nitrogens with zero attached hydrogens (tertiary/aromatic N) is 1. The van der Waals surface area contributed by atoms with Gasteiger partial charge in [-0.3, -0.25) is 14.2 Å². The third-order valence-corrected chi connectivity index (χ3v) is 3.57. The van der Waals surface area contributed by atoms with Gasteiger partial charge in [0.15, 0.2) is 11.4 Å². The smallest absolute Gasteiger partial charge is 0.420 e. The Morgan fingerprint density at radius 3 is 2.52 bits per heavy atom. The Kier molecular flexibility index (Phi) is 4.21. The van der Waals surface area contributed by atoms with E-state index in [1.54, 1.807) is 24.3 Å². The van der Waals surface area contributed by atoms with Gasteiger partial charge in [0.1, 0.15) is 12.3 Å². The van der Waals surface area contributed by atoms with Crippen LogP contribution in [0.5, 0.6) is 5.75 Å². The predicted octanol–water partition coefficient (Wildman–Crippen LogP) is 2.28. The maximum absolute atomic E-state index is 12.4. The number of fused-ring (bicyclic) bond motifs is 1. The van der Waals surface area contributed by atoms with Crippen molar-refractivity contribution in [2.75, 3.05) is 0 Å². The number of aromatic nitrogens is 1. The van der Waals surface area contributed by atoms with Gasteiger partial charge >= 0.3 is 11.7 Å². The molecule has 25 heavy (non-hydrogen) atoms. The number of carbonyl (C=O) groups is 2. The van der Waals surface area contributed by atoms with Crippen LogP contribution < -0.4 is 5.76 Å². The van der Waals surface area contributed by atoms with E-state index in [2.05, 4.69) is 0 Å². The van der Waals surface area contributed by atoms with E-state index < -0.39 is 24.1 Å². The number of benzene rings is 2. The number of para-hydroxylation sites is 1. The minimum atomic E-state index is -1.19. The summed E-state index contributed by atoms with van der Waals surface area (Å²) in [5, 5.41) is 18.1. The second-order valence-electron chi connectivity index (χ2n) is 5.29. The summed E-state index contributed by atoms with van der Waals surface area (Å²) in [7, 11) is 0. The number of hydrogen-bond donors (Lipinski definition) is 2. The van der Waals surface area contributed by atoms with Gasteiger partial charge in [-0.1, -0.05) is 24.3 Å². The molecule has 0 saturated heterocycles. The van der Waals surface area contributed by atoms with Crippen molar-refractivity contribution < 1.29 is 24.2 Å². The quantitative estimate of drug-likeness (QED) is 0.545. The Labute approximate surface area is 141 Å². The summed E-state index contributed by atoms with van der Waals surface area (Å²) < 4.78 is 6.03. The summed E-state index contributed by atoms with van der Waals surface area (Å²) in [6.07, 6.45) is 2.88. The number of carbonyl (C=O) groups excluding carboxylic acids is 1. The summed E-state index contributed by atoms with van der Waals surface area (Å²) in [5.74, 6) is -2.29. The molecule has 0 fully saturated rings. The maximum Gasteiger partial charge on any atom is 0.420 e. The third kappa shape index (κ3) is 3.35. The number of carboxylic acids is 1. The molecule has 1 heterocycles. The molecule has 0 amide bonds. The first kappa shape index (κ1) is 16.3. The predicted molar refractivity (Wildman–Crippen MR) is 89.6 cm³/mol. The molecule has 2 aromatic carbocycles. The van der Waals surface area contributed by atoms with Gasteiger partial charge in [-0.15, -0.1) is 0 Å². The molecular weight excluding hydrogens is 326 g/mol. The lowest BCUT2D eigenvalue weighted by atomic mass is 10.1. The lowest BCUT2D eigenvalue weighted by Crippen LogP contribution is -2.19. The number of oxazole rings is 1. The van der Waals surface area contributed by atoms with Gasteiger partial charge in [0, 0.05) is 0 Å². The zero-order valence-electron chi connectivity index (χ0n) is 12.9. The number of ketones is 1. The van der Waals surface area contributed by atoms with Gasteiger partial charge in [0.25, 0.3) is 0 Å². The van der Waals surface area contributed by atoms with Crippen molar-refractivity contribution in [1.82, 2.24) is 4.57 Å². The fourth-order valence-corrected chi connectivity index (χ4v) is 2.41. The van der Waals surface area contributed by atoms with E-state index in [0.717, 1.165) is 4.57 Å². The molecule has 0 atom stereocenters. The second kappa shape index (κ2) is 6.48. The monoisotopic (exact) mass is 339 g/mol. The van der Waals surface area contributed by atoms with E-state index in [1.807, 2.05) is 0 Å². The van der Waals surface area contributed by atoms with Crippen LogP contribution >= 0.6 is 0 Å². The summed E-state index contributed by atoms with van der Waals surface area (Å²) in [6.45, 7) is -0.549. The van der Waals surface area contributed by atoms with E-state index in [-0.39, 0.29) is 22.4 Å². The van der Waals surface area contributed by atoms with Crippen molar-refractivity contribution in [1.29, 1.82) is 0 Å². The molecule has 0 aliphatic carbocycles. The minimum Gasteiger partial charge on any atom is -0.508 e. The Hall–Kier alpha value is -3.61. The normalized spacial score (nSPS) is 11.2. The molecule has 1 aromatic heterocycles. The van der Waals surface area contributed by atoms with Gasteiger partial charge in [-0.05, 0) is 35.9 Å². The largest absolute Gasteiger partial charge is 0.508 e. The van der Waals surface area contributed by atoms with Gasteiger partial charge in [0.2, 0.25) is 0 Å². The first-order valence-electron chi connectivity index (χ1n) is 7.31. The zero-order chi connectivity index (χ0) is 18.0. The van der Waals surface area contributed by atoms with E-state index in [4.69, 9.17) is 9.52 Å². The molecule has 0 aliphatic heterocycles. The molecule has 7 nitrogen and oxygen atoms in total. The number of rotatable bonds is 5. The average molecular weight is 339 g/mol. The standard InChI is InChI=1S/C18H13NO6/c20-12-7-4-11(5-8-12)6-9-15(21)13-2-1-3-14-17(13)25-18(24)19(14)10-16(22)23/h1-9,20H,10H2,(H,22,23)/b9-6+. The fourth-order valence-electron chi connectivity index (χ4n) is 2.41. The Balaban J connectivity index is 1.98. The molecule has 0 bridgehead atoms. The van der Waals surface area contributed by atoms with Crippen molar-refractivity contribution >= 4 is 28.9 Å². The lowest BCUT2D eigenvalue weighted by Gasteiger charge is -1.99. The van der Waals surface area contributed by atoms with Crippen molar-refractivity contribution in [2.24, 2.45) is 0 Å². The van der Waals surface area contributed by atoms with Crippen LogP contribution in [0.25, 0.3) is 17.2 Å². The van der Waals surface area contributed by atoms with Crippen molar-refractivity contribution in [2.45, 2.75) is 6.54 Å². The zero-order valence-corrected chi connectivity index (χ0v) is 12.9. The highest BCUT2D eigenvalue weighted by molar-refractivity contribution is 6.13. The first-order valence-corrected chi connectivity index (χ1v) is 7.31. The number of aromatic hydroxyl groups is 1. The molecule has 0 saturated carbocycles. The highest BCUT2D eigenvalue weighted by Gasteiger charge is 2.17. The fraction of sp³-hybridized carbons (Fsp3) is 0.0556. The molecular formula is C18H13NO6. The van der Waals surface area contributed by atoms with E-state index >= 15 is 0 Å². The highest BCUT2D eigenvalue weighted by atomic mass is 16.4. The van der Waals surface area contributed by atoms with Gasteiger partial charge in [-0.25, -0.2) is 4.79 Å². The van der Waals surface area contributed by atoms with Crippen LogP contribution in [0.3, 0.4) is 0 Å². The van der Waals surface area contributed by atoms with Crippen molar-refractivity contribution in [3.8, 4) is 5.75 Å². The molecule has 3 aromatic rings. The lowest BCUT2D eigenvalue weighted by molar-refractivity contribution is -0.137. The number of carboxylic acid groups (broad SMARTS) is 1. The van der Waals surface area contributed by atoms with Crippen LogP contribution in [-0.2, 0) is 11.3 Å². The Morgan fingerprint density at radius 1 is 1.12 bits per heavy atom. The van der Waals surface area contributed by atoms with Gasteiger partial charge < -0.3 is 14.6 Å². The van der Waals surface area contributed by atoms with Gasteiger partial charge in [0.05, 0.1) is 11.1 Å². The highest BCUT2D eigenvalue weighted by Crippen LogP contribution is 2.19. The topological polar surface area (TPSA) is 110 Å². The molecule has 7 heteroatoms. The summed E-state index contributed by atoms with van der Waals surface area (Å²) >= 11 is 0. The van der Waals surface area contributed by atoms with Crippen molar-refractivity contribution in [3.05, 3.63) is 70.2 Å². The third-order valence-electron chi connectivity index (χ3n) is 3.57. The summed E-state index contributed by atoms with van der Waals surface area (Å²) in [6, 6.07) is 10.8. The van der Waals surface area contributed by atoms with Crippen LogP contribution in [0.1, 0.15) is 15.9 Å². The Morgan fingerprint density at radius 2 is 1.84 bits per heavy atom. The molecule has 0 radical (unpaired) electrons. The molecule has 126 valence electrons. The van der Waals surface area contributed by atoms with Crippen molar-refractivity contribution in [3.63, 3.8) is 0 Å². The molecule has 0 aliphatic rings. The van der Waals surface area contributed by atoms with Crippen LogP contribution in [0.2, 0.25) is 0 Å². The number of aliphatic carboxylic acids is 1. The van der Waals surface area contributed by atoms with E-state index in [1.165, 1.54) is 30.3 Å². The number of phenols is 1. The number of hydrogen-bond acceptors (Lipinski definition) is 5. The maximum atomic E-state index is 12.4. The van der Waals surface area contributed by atoms with E-state index in [0.29, 0.717) is 5.56 Å². The summed E-state index contributed by atoms with van der Waals surface area (Å²) in [5.41, 5.74) is 1.17. The molecule has 0 unspecified atom stereocenters. The van der Waals surface area contributed by atoms with Crippen LogP contribution in [0.15, 0.2) is 57.8 Å². The summed E-state index contributed by atoms with van der Waals surface area (Å²) in [4.78, 5) is 35.1. The minimum absolute atomic E-state index is 0.0501. The molecule has 2 N–H and O–H groups in total.